The number of halogens is 1. The van der Waals surface area contributed by atoms with Crippen LogP contribution in [-0.4, -0.2) is 41.5 Å². The molecule has 7 nitrogen and oxygen atoms in total. The number of nitriles is 1. The number of methoxy groups -OCH3 is 1. The predicted octanol–water partition coefficient (Wildman–Crippen LogP) is 1.80. The predicted molar refractivity (Wildman–Crippen MR) is 85.8 cm³/mol. The van der Waals surface area contributed by atoms with E-state index in [1.807, 2.05) is 6.07 Å². The molecule has 1 fully saturated rings. The zero-order valence-electron chi connectivity index (χ0n) is 13.4. The fraction of sp³-hybridized carbons (Fsp3) is 0.294. The lowest BCUT2D eigenvalue weighted by molar-refractivity contribution is -0.141. The molecular formula is C17H15FN4O3. The van der Waals surface area contributed by atoms with E-state index in [2.05, 4.69) is 10.2 Å². The number of carboxylic acid groups (broad SMARTS) is 1. The molecule has 2 aromatic rings. The Morgan fingerprint density at radius 2 is 2.16 bits per heavy atom. The number of nitrogens with zero attached hydrogens (tertiary/aromatic N) is 4. The van der Waals surface area contributed by atoms with Crippen LogP contribution in [0.4, 0.5) is 10.2 Å². The summed E-state index contributed by atoms with van der Waals surface area (Å²) in [5.41, 5.74) is 0.507. The van der Waals surface area contributed by atoms with E-state index in [1.54, 1.807) is 23.1 Å². The summed E-state index contributed by atoms with van der Waals surface area (Å²) < 4.78 is 19.4. The maximum atomic E-state index is 14.4. The highest BCUT2D eigenvalue weighted by Crippen LogP contribution is 2.36. The van der Waals surface area contributed by atoms with Crippen LogP contribution in [-0.2, 0) is 4.79 Å². The highest BCUT2D eigenvalue weighted by atomic mass is 19.1. The SMILES string of the molecule is COc1ccc(C2CN(c3ccc(C#N)nn3)C[C@H]2C(=O)O)c(F)c1. The van der Waals surface area contributed by atoms with Gasteiger partial charge >= 0.3 is 5.97 Å². The van der Waals surface area contributed by atoms with Gasteiger partial charge in [-0.25, -0.2) is 4.39 Å². The average Bonchev–Trinajstić information content (AvgIpc) is 3.07. The molecule has 1 aromatic heterocycles. The second-order valence-electron chi connectivity index (χ2n) is 5.73. The van der Waals surface area contributed by atoms with Crippen LogP contribution in [0.15, 0.2) is 30.3 Å². The molecule has 0 bridgehead atoms. The molecule has 0 radical (unpaired) electrons. The summed E-state index contributed by atoms with van der Waals surface area (Å²) in [6, 6.07) is 9.42. The molecule has 0 saturated carbocycles. The summed E-state index contributed by atoms with van der Waals surface area (Å²) in [6.45, 7) is 0.479. The van der Waals surface area contributed by atoms with E-state index in [4.69, 9.17) is 10.00 Å². The lowest BCUT2D eigenvalue weighted by atomic mass is 9.88. The smallest absolute Gasteiger partial charge is 0.308 e. The molecule has 1 aliphatic heterocycles. The van der Waals surface area contributed by atoms with Crippen molar-refractivity contribution in [2.24, 2.45) is 5.92 Å². The van der Waals surface area contributed by atoms with E-state index in [0.717, 1.165) is 0 Å². The quantitative estimate of drug-likeness (QED) is 0.904. The van der Waals surface area contributed by atoms with Gasteiger partial charge in [-0.3, -0.25) is 4.79 Å². The first-order chi connectivity index (χ1) is 12.0. The van der Waals surface area contributed by atoms with Crippen molar-refractivity contribution >= 4 is 11.8 Å². The molecule has 1 saturated heterocycles. The molecule has 2 heterocycles. The molecular weight excluding hydrogens is 327 g/mol. The number of aromatic nitrogens is 2. The van der Waals surface area contributed by atoms with Crippen molar-refractivity contribution in [3.05, 3.63) is 47.4 Å². The third-order valence-electron chi connectivity index (χ3n) is 4.33. The third kappa shape index (κ3) is 3.21. The van der Waals surface area contributed by atoms with E-state index in [9.17, 15) is 14.3 Å². The third-order valence-corrected chi connectivity index (χ3v) is 4.33. The van der Waals surface area contributed by atoms with Gasteiger partial charge in [0.1, 0.15) is 17.6 Å². The minimum absolute atomic E-state index is 0.176. The van der Waals surface area contributed by atoms with Gasteiger partial charge in [-0.2, -0.15) is 5.26 Å². The molecule has 25 heavy (non-hydrogen) atoms. The largest absolute Gasteiger partial charge is 0.497 e. The number of hydrogen-bond donors (Lipinski definition) is 1. The number of rotatable bonds is 4. The van der Waals surface area contributed by atoms with Crippen molar-refractivity contribution in [3.63, 3.8) is 0 Å². The first-order valence-corrected chi connectivity index (χ1v) is 7.58. The second-order valence-corrected chi connectivity index (χ2v) is 5.73. The van der Waals surface area contributed by atoms with E-state index in [1.165, 1.54) is 19.2 Å². The molecule has 3 rings (SSSR count). The van der Waals surface area contributed by atoms with Gasteiger partial charge in [0.25, 0.3) is 0 Å². The van der Waals surface area contributed by atoms with Gasteiger partial charge < -0.3 is 14.7 Å². The van der Waals surface area contributed by atoms with E-state index < -0.39 is 23.6 Å². The fourth-order valence-electron chi connectivity index (χ4n) is 3.05. The van der Waals surface area contributed by atoms with Crippen LogP contribution < -0.4 is 9.64 Å². The number of anilines is 1. The number of benzene rings is 1. The number of carboxylic acids is 1. The van der Waals surface area contributed by atoms with E-state index in [-0.39, 0.29) is 12.2 Å². The van der Waals surface area contributed by atoms with Crippen molar-refractivity contribution in [3.8, 4) is 11.8 Å². The van der Waals surface area contributed by atoms with Gasteiger partial charge in [0.05, 0.1) is 13.0 Å². The van der Waals surface area contributed by atoms with Crippen LogP contribution in [0.25, 0.3) is 0 Å². The number of ether oxygens (including phenoxy) is 1. The average molecular weight is 342 g/mol. The van der Waals surface area contributed by atoms with Crippen molar-refractivity contribution in [1.29, 1.82) is 5.26 Å². The number of aliphatic carboxylic acids is 1. The van der Waals surface area contributed by atoms with Gasteiger partial charge in [0.2, 0.25) is 0 Å². The monoisotopic (exact) mass is 342 g/mol. The van der Waals surface area contributed by atoms with Crippen LogP contribution in [0.3, 0.4) is 0 Å². The molecule has 2 atom stereocenters. The lowest BCUT2D eigenvalue weighted by Gasteiger charge is -2.17. The topological polar surface area (TPSA) is 99.3 Å². The van der Waals surface area contributed by atoms with Crippen LogP contribution in [0.5, 0.6) is 5.75 Å². The minimum Gasteiger partial charge on any atom is -0.497 e. The molecule has 0 amide bonds. The van der Waals surface area contributed by atoms with Crippen LogP contribution in [0.1, 0.15) is 17.2 Å². The summed E-state index contributed by atoms with van der Waals surface area (Å²) in [7, 11) is 1.44. The highest BCUT2D eigenvalue weighted by Gasteiger charge is 2.40. The number of carbonyl (C=O) groups is 1. The molecule has 1 aliphatic rings. The Kier molecular flexibility index (Phi) is 4.48. The lowest BCUT2D eigenvalue weighted by Crippen LogP contribution is -2.24. The van der Waals surface area contributed by atoms with Crippen molar-refractivity contribution in [1.82, 2.24) is 10.2 Å². The van der Waals surface area contributed by atoms with Gasteiger partial charge in [0, 0.05) is 25.1 Å². The summed E-state index contributed by atoms with van der Waals surface area (Å²) in [5, 5.41) is 26.0. The zero-order valence-corrected chi connectivity index (χ0v) is 13.4. The van der Waals surface area contributed by atoms with Gasteiger partial charge in [0.15, 0.2) is 11.5 Å². The highest BCUT2D eigenvalue weighted by molar-refractivity contribution is 5.74. The number of hydrogen-bond acceptors (Lipinski definition) is 6. The maximum Gasteiger partial charge on any atom is 0.308 e. The molecule has 1 unspecified atom stereocenters. The first kappa shape index (κ1) is 16.6. The van der Waals surface area contributed by atoms with Crippen LogP contribution in [0, 0.1) is 23.1 Å². The maximum absolute atomic E-state index is 14.4. The Labute approximate surface area is 143 Å². The normalized spacial score (nSPS) is 19.5. The summed E-state index contributed by atoms with van der Waals surface area (Å²) >= 11 is 0. The Hall–Kier alpha value is -3.21. The summed E-state index contributed by atoms with van der Waals surface area (Å²) in [6.07, 6.45) is 0. The Morgan fingerprint density at radius 3 is 2.72 bits per heavy atom. The Balaban J connectivity index is 1.90. The molecule has 128 valence electrons. The van der Waals surface area contributed by atoms with E-state index in [0.29, 0.717) is 23.7 Å². The molecule has 0 spiro atoms. The van der Waals surface area contributed by atoms with Crippen molar-refractivity contribution < 1.29 is 19.0 Å². The first-order valence-electron chi connectivity index (χ1n) is 7.58. The molecule has 8 heteroatoms. The van der Waals surface area contributed by atoms with Gasteiger partial charge in [-0.1, -0.05) is 6.07 Å². The Morgan fingerprint density at radius 1 is 1.36 bits per heavy atom. The standard InChI is InChI=1S/C17H15FN4O3/c1-25-11-3-4-12(15(18)6-11)13-8-22(9-14(13)17(23)24)16-5-2-10(7-19)20-21-16/h2-6,13-14H,8-9H2,1H3,(H,23,24)/t13?,14-/m1/s1. The molecule has 1 N–H and O–H groups in total. The van der Waals surface area contributed by atoms with Crippen LogP contribution in [0.2, 0.25) is 0 Å². The van der Waals surface area contributed by atoms with Crippen molar-refractivity contribution in [2.75, 3.05) is 25.1 Å². The summed E-state index contributed by atoms with van der Waals surface area (Å²) in [5.74, 6) is -1.96. The summed E-state index contributed by atoms with van der Waals surface area (Å²) in [4.78, 5) is 13.4. The van der Waals surface area contributed by atoms with E-state index >= 15 is 0 Å². The fourth-order valence-corrected chi connectivity index (χ4v) is 3.05. The minimum atomic E-state index is -0.996. The van der Waals surface area contributed by atoms with Crippen molar-refractivity contribution in [2.45, 2.75) is 5.92 Å². The Bertz CT molecular complexity index is 835. The molecule has 1 aromatic carbocycles. The van der Waals surface area contributed by atoms with Crippen LogP contribution >= 0.6 is 0 Å². The van der Waals surface area contributed by atoms with Gasteiger partial charge in [-0.05, 0) is 23.8 Å². The van der Waals surface area contributed by atoms with Gasteiger partial charge in [-0.15, -0.1) is 10.2 Å². The molecule has 0 aliphatic carbocycles. The second kappa shape index (κ2) is 6.73. The zero-order chi connectivity index (χ0) is 18.0.